The van der Waals surface area contributed by atoms with Crippen molar-refractivity contribution in [1.82, 2.24) is 5.32 Å². The first kappa shape index (κ1) is 12.4. The van der Waals surface area contributed by atoms with E-state index in [1.807, 2.05) is 0 Å². The van der Waals surface area contributed by atoms with Crippen molar-refractivity contribution in [2.45, 2.75) is 45.4 Å². The summed E-state index contributed by atoms with van der Waals surface area (Å²) in [5, 5.41) is 3.32. The van der Waals surface area contributed by atoms with Crippen molar-refractivity contribution in [2.75, 3.05) is 24.6 Å². The van der Waals surface area contributed by atoms with Crippen LogP contribution in [0.25, 0.3) is 0 Å². The van der Waals surface area contributed by atoms with E-state index in [9.17, 15) is 0 Å². The molecule has 1 saturated heterocycles. The minimum absolute atomic E-state index is 0.986. The molecule has 1 heterocycles. The third-order valence-corrected chi connectivity index (χ3v) is 4.15. The molecule has 1 aliphatic heterocycles. The molecule has 0 aromatic carbocycles. The second-order valence-corrected chi connectivity index (χ2v) is 5.52. The first-order chi connectivity index (χ1) is 6.93. The smallest absolute Gasteiger partial charge is 0.0000326 e. The van der Waals surface area contributed by atoms with Crippen LogP contribution >= 0.6 is 11.8 Å². The largest absolute Gasteiger partial charge is 0.316 e. The number of thioether (sulfide) groups is 1. The average molecular weight is 215 g/mol. The second kappa shape index (κ2) is 8.60. The lowest BCUT2D eigenvalue weighted by Gasteiger charge is -2.26. The number of nitrogens with one attached hydrogen (secondary N) is 1. The molecule has 0 aromatic rings. The Morgan fingerprint density at radius 3 is 2.43 bits per heavy atom. The molecule has 1 rings (SSSR count). The third kappa shape index (κ3) is 5.92. The molecule has 14 heavy (non-hydrogen) atoms. The fourth-order valence-corrected chi connectivity index (χ4v) is 2.84. The van der Waals surface area contributed by atoms with Crippen molar-refractivity contribution >= 4 is 11.8 Å². The SMILES string of the molecule is CCCCCCCCSCC1CNC1. The summed E-state index contributed by atoms with van der Waals surface area (Å²) < 4.78 is 0. The van der Waals surface area contributed by atoms with E-state index in [4.69, 9.17) is 0 Å². The molecule has 0 spiro atoms. The van der Waals surface area contributed by atoms with Crippen molar-refractivity contribution in [3.8, 4) is 0 Å². The molecule has 0 aliphatic carbocycles. The highest BCUT2D eigenvalue weighted by Crippen LogP contribution is 2.15. The summed E-state index contributed by atoms with van der Waals surface area (Å²) in [4.78, 5) is 0. The quantitative estimate of drug-likeness (QED) is 0.592. The first-order valence-corrected chi connectivity index (χ1v) is 7.37. The van der Waals surface area contributed by atoms with Gasteiger partial charge in [-0.15, -0.1) is 0 Å². The lowest BCUT2D eigenvalue weighted by Crippen LogP contribution is -2.43. The van der Waals surface area contributed by atoms with Crippen molar-refractivity contribution < 1.29 is 0 Å². The molecule has 0 radical (unpaired) electrons. The van der Waals surface area contributed by atoms with Gasteiger partial charge >= 0.3 is 0 Å². The van der Waals surface area contributed by atoms with Crippen LogP contribution < -0.4 is 5.32 Å². The standard InChI is InChI=1S/C12H25NS/c1-2-3-4-5-6-7-8-14-11-12-9-13-10-12/h12-13H,2-11H2,1H3. The molecule has 0 bridgehead atoms. The van der Waals surface area contributed by atoms with Gasteiger partial charge in [-0.05, 0) is 36.9 Å². The van der Waals surface area contributed by atoms with E-state index in [1.54, 1.807) is 0 Å². The molecule has 1 nitrogen and oxygen atoms in total. The van der Waals surface area contributed by atoms with Gasteiger partial charge in [-0.1, -0.05) is 39.0 Å². The number of unbranched alkanes of at least 4 members (excludes halogenated alkanes) is 5. The Hall–Kier alpha value is 0.310. The van der Waals surface area contributed by atoms with Crippen molar-refractivity contribution in [3.63, 3.8) is 0 Å². The molecule has 0 unspecified atom stereocenters. The fourth-order valence-electron chi connectivity index (χ4n) is 1.70. The van der Waals surface area contributed by atoms with Crippen LogP contribution in [0.1, 0.15) is 45.4 Å². The Morgan fingerprint density at radius 1 is 1.07 bits per heavy atom. The monoisotopic (exact) mass is 215 g/mol. The van der Waals surface area contributed by atoms with Crippen LogP contribution in [0.15, 0.2) is 0 Å². The zero-order valence-electron chi connectivity index (χ0n) is 9.56. The highest BCUT2D eigenvalue weighted by molar-refractivity contribution is 7.99. The highest BCUT2D eigenvalue weighted by Gasteiger charge is 2.15. The maximum absolute atomic E-state index is 3.32. The van der Waals surface area contributed by atoms with Crippen LogP contribution in [0.2, 0.25) is 0 Å². The minimum atomic E-state index is 0.986. The van der Waals surface area contributed by atoms with E-state index in [0.717, 1.165) is 5.92 Å². The van der Waals surface area contributed by atoms with Gasteiger partial charge in [-0.25, -0.2) is 0 Å². The molecule has 0 amide bonds. The predicted molar refractivity (Wildman–Crippen MR) is 67.1 cm³/mol. The number of hydrogen-bond acceptors (Lipinski definition) is 2. The van der Waals surface area contributed by atoms with Gasteiger partial charge in [0.05, 0.1) is 0 Å². The van der Waals surface area contributed by atoms with E-state index >= 15 is 0 Å². The molecule has 0 saturated carbocycles. The first-order valence-electron chi connectivity index (χ1n) is 6.22. The topological polar surface area (TPSA) is 12.0 Å². The summed E-state index contributed by atoms with van der Waals surface area (Å²) in [6.07, 6.45) is 8.60. The molecular formula is C12H25NS. The average Bonchev–Trinajstić information content (AvgIpc) is 2.13. The fraction of sp³-hybridized carbons (Fsp3) is 1.00. The van der Waals surface area contributed by atoms with Gasteiger partial charge in [0.25, 0.3) is 0 Å². The molecule has 1 aliphatic rings. The van der Waals surface area contributed by atoms with Crippen molar-refractivity contribution in [3.05, 3.63) is 0 Å². The van der Waals surface area contributed by atoms with Crippen LogP contribution in [0, 0.1) is 5.92 Å². The third-order valence-electron chi connectivity index (χ3n) is 2.86. The Kier molecular flexibility index (Phi) is 7.61. The summed E-state index contributed by atoms with van der Waals surface area (Å²) in [5.74, 6) is 3.77. The zero-order valence-corrected chi connectivity index (χ0v) is 10.4. The van der Waals surface area contributed by atoms with E-state index < -0.39 is 0 Å². The summed E-state index contributed by atoms with van der Waals surface area (Å²) >= 11 is 2.16. The molecule has 84 valence electrons. The van der Waals surface area contributed by atoms with E-state index in [2.05, 4.69) is 24.0 Å². The summed E-state index contributed by atoms with van der Waals surface area (Å²) in [6.45, 7) is 4.81. The molecule has 1 fully saturated rings. The lowest BCUT2D eigenvalue weighted by molar-refractivity contribution is 0.385. The maximum atomic E-state index is 3.32. The Bertz CT molecular complexity index is 123. The van der Waals surface area contributed by atoms with Crippen LogP contribution in [-0.2, 0) is 0 Å². The van der Waals surface area contributed by atoms with E-state index in [1.165, 1.54) is 63.1 Å². The van der Waals surface area contributed by atoms with Gasteiger partial charge in [0.1, 0.15) is 0 Å². The number of rotatable bonds is 9. The van der Waals surface area contributed by atoms with E-state index in [-0.39, 0.29) is 0 Å². The van der Waals surface area contributed by atoms with Crippen molar-refractivity contribution in [2.24, 2.45) is 5.92 Å². The predicted octanol–water partition coefficient (Wildman–Crippen LogP) is 3.30. The van der Waals surface area contributed by atoms with E-state index in [0.29, 0.717) is 0 Å². The van der Waals surface area contributed by atoms with Gasteiger partial charge in [-0.2, -0.15) is 11.8 Å². The number of hydrogen-bond donors (Lipinski definition) is 1. The summed E-state index contributed by atoms with van der Waals surface area (Å²) in [5.41, 5.74) is 0. The second-order valence-electron chi connectivity index (χ2n) is 4.37. The normalized spacial score (nSPS) is 16.9. The zero-order chi connectivity index (χ0) is 10.1. The van der Waals surface area contributed by atoms with Crippen LogP contribution in [0.3, 0.4) is 0 Å². The van der Waals surface area contributed by atoms with Gasteiger partial charge in [0.15, 0.2) is 0 Å². The van der Waals surface area contributed by atoms with Crippen LogP contribution in [0.5, 0.6) is 0 Å². The summed E-state index contributed by atoms with van der Waals surface area (Å²) in [6, 6.07) is 0. The molecule has 0 atom stereocenters. The Labute approximate surface area is 93.4 Å². The molecule has 2 heteroatoms. The Balaban J connectivity index is 1.67. The highest BCUT2D eigenvalue weighted by atomic mass is 32.2. The van der Waals surface area contributed by atoms with Gasteiger partial charge in [0, 0.05) is 0 Å². The summed E-state index contributed by atoms with van der Waals surface area (Å²) in [7, 11) is 0. The Morgan fingerprint density at radius 2 is 1.79 bits per heavy atom. The maximum Gasteiger partial charge on any atom is -0.0000326 e. The van der Waals surface area contributed by atoms with Crippen molar-refractivity contribution in [1.29, 1.82) is 0 Å². The van der Waals surface area contributed by atoms with Gasteiger partial charge < -0.3 is 5.32 Å². The molecule has 1 N–H and O–H groups in total. The van der Waals surface area contributed by atoms with Gasteiger partial charge in [-0.3, -0.25) is 0 Å². The van der Waals surface area contributed by atoms with Crippen LogP contribution in [-0.4, -0.2) is 24.6 Å². The molecular weight excluding hydrogens is 190 g/mol. The van der Waals surface area contributed by atoms with Gasteiger partial charge in [0.2, 0.25) is 0 Å². The lowest BCUT2D eigenvalue weighted by atomic mass is 10.1. The minimum Gasteiger partial charge on any atom is -0.316 e. The van der Waals surface area contributed by atoms with Crippen LogP contribution in [0.4, 0.5) is 0 Å². The molecule has 0 aromatic heterocycles.